The van der Waals surface area contributed by atoms with Crippen LogP contribution in [0.15, 0.2) is 24.3 Å². The summed E-state index contributed by atoms with van der Waals surface area (Å²) in [5.74, 6) is 0. The Morgan fingerprint density at radius 3 is 2.50 bits per heavy atom. The van der Waals surface area contributed by atoms with E-state index in [1.165, 1.54) is 0 Å². The van der Waals surface area contributed by atoms with Crippen LogP contribution in [0.3, 0.4) is 0 Å². The van der Waals surface area contributed by atoms with Crippen molar-refractivity contribution < 1.29 is 5.11 Å². The molecule has 0 aliphatic carbocycles. The Balaban J connectivity index is 3.05. The van der Waals surface area contributed by atoms with Crippen molar-refractivity contribution in [3.8, 4) is 0 Å². The lowest BCUT2D eigenvalue weighted by atomic mass is 9.97. The third-order valence-corrected chi connectivity index (χ3v) is 3.40. The quantitative estimate of drug-likeness (QED) is 0.641. The van der Waals surface area contributed by atoms with Crippen LogP contribution in [0.4, 0.5) is 0 Å². The molecule has 0 fully saturated rings. The number of aliphatic hydroxyl groups is 1. The Hall–Kier alpha value is -0.130. The number of benzene rings is 1. The predicted octanol–water partition coefficient (Wildman–Crippen LogP) is 3.23. The molecule has 0 bridgehead atoms. The van der Waals surface area contributed by atoms with E-state index in [4.69, 9.17) is 0 Å². The minimum Gasteiger partial charge on any atom is -0.372 e. The minimum absolute atomic E-state index is 0.257. The molecule has 16 heavy (non-hydrogen) atoms. The average molecular weight is 333 g/mol. The highest BCUT2D eigenvalue weighted by molar-refractivity contribution is 14.1. The highest BCUT2D eigenvalue weighted by Gasteiger charge is 2.30. The summed E-state index contributed by atoms with van der Waals surface area (Å²) in [5, 5.41) is 14.0. The van der Waals surface area contributed by atoms with E-state index in [0.717, 1.165) is 22.0 Å². The van der Waals surface area contributed by atoms with Gasteiger partial charge < -0.3 is 5.11 Å². The number of hydrogen-bond donors (Lipinski definition) is 2. The second-order valence-electron chi connectivity index (χ2n) is 4.39. The van der Waals surface area contributed by atoms with Crippen LogP contribution < -0.4 is 5.32 Å². The summed E-state index contributed by atoms with van der Waals surface area (Å²) in [6, 6.07) is 8.24. The van der Waals surface area contributed by atoms with Gasteiger partial charge in [-0.3, -0.25) is 5.32 Å². The maximum atomic E-state index is 10.7. The fraction of sp³-hybridized carbons (Fsp3) is 0.538. The first-order valence-corrected chi connectivity index (χ1v) is 6.82. The van der Waals surface area contributed by atoms with Gasteiger partial charge in [-0.1, -0.05) is 31.5 Å². The van der Waals surface area contributed by atoms with Gasteiger partial charge >= 0.3 is 0 Å². The van der Waals surface area contributed by atoms with Crippen LogP contribution in [0.1, 0.15) is 39.2 Å². The number of hydrogen-bond acceptors (Lipinski definition) is 2. The van der Waals surface area contributed by atoms with Gasteiger partial charge in [0, 0.05) is 15.2 Å². The van der Waals surface area contributed by atoms with E-state index in [-0.39, 0.29) is 6.04 Å². The fourth-order valence-electron chi connectivity index (χ4n) is 1.92. The number of rotatable bonds is 5. The van der Waals surface area contributed by atoms with Crippen molar-refractivity contribution in [3.05, 3.63) is 33.4 Å². The van der Waals surface area contributed by atoms with Gasteiger partial charge in [0.1, 0.15) is 5.72 Å². The van der Waals surface area contributed by atoms with Crippen LogP contribution in [0.5, 0.6) is 0 Å². The van der Waals surface area contributed by atoms with E-state index < -0.39 is 5.72 Å². The van der Waals surface area contributed by atoms with E-state index in [1.54, 1.807) is 0 Å². The summed E-state index contributed by atoms with van der Waals surface area (Å²) in [5.41, 5.74) is 0.0758. The topological polar surface area (TPSA) is 32.3 Å². The zero-order valence-corrected chi connectivity index (χ0v) is 12.3. The van der Waals surface area contributed by atoms with E-state index in [2.05, 4.69) is 48.7 Å². The molecule has 0 aliphatic rings. The predicted molar refractivity (Wildman–Crippen MR) is 76.2 cm³/mol. The summed E-state index contributed by atoms with van der Waals surface area (Å²) < 4.78 is 1.10. The molecular formula is C13H20INO. The zero-order valence-electron chi connectivity index (χ0n) is 10.1. The minimum atomic E-state index is -0.902. The van der Waals surface area contributed by atoms with Gasteiger partial charge in [0.2, 0.25) is 0 Å². The Morgan fingerprint density at radius 2 is 2.00 bits per heavy atom. The molecule has 2 nitrogen and oxygen atoms in total. The van der Waals surface area contributed by atoms with E-state index in [9.17, 15) is 5.11 Å². The summed E-state index contributed by atoms with van der Waals surface area (Å²) in [6.45, 7) is 6.19. The molecule has 0 saturated heterocycles. The zero-order chi connectivity index (χ0) is 12.2. The van der Waals surface area contributed by atoms with Crippen LogP contribution in [0.2, 0.25) is 0 Å². The molecule has 1 atom stereocenters. The van der Waals surface area contributed by atoms with Crippen molar-refractivity contribution in [1.29, 1.82) is 0 Å². The van der Waals surface area contributed by atoms with E-state index in [0.29, 0.717) is 0 Å². The third-order valence-electron chi connectivity index (χ3n) is 2.46. The third kappa shape index (κ3) is 3.43. The first kappa shape index (κ1) is 13.9. The normalized spacial score (nSPS) is 15.1. The molecule has 0 aromatic heterocycles. The van der Waals surface area contributed by atoms with Gasteiger partial charge in [-0.05, 0) is 48.9 Å². The highest BCUT2D eigenvalue weighted by Crippen LogP contribution is 2.28. The lowest BCUT2D eigenvalue weighted by molar-refractivity contribution is -0.0172. The standard InChI is InChI=1S/C13H20INO/c1-4-9-13(16,15-10(2)3)11-7-5-6-8-12(11)14/h5-8,10,15-16H,4,9H2,1-3H3/t13-/m0/s1. The van der Waals surface area contributed by atoms with Crippen molar-refractivity contribution in [2.75, 3.05) is 0 Å². The molecule has 0 aliphatic heterocycles. The summed E-state index contributed by atoms with van der Waals surface area (Å²) >= 11 is 2.27. The molecule has 1 rings (SSSR count). The molecule has 1 aromatic rings. The summed E-state index contributed by atoms with van der Waals surface area (Å²) in [6.07, 6.45) is 1.67. The van der Waals surface area contributed by atoms with Crippen LogP contribution in [0.25, 0.3) is 0 Å². The van der Waals surface area contributed by atoms with Crippen molar-refractivity contribution in [1.82, 2.24) is 5.32 Å². The van der Waals surface area contributed by atoms with Crippen molar-refractivity contribution >= 4 is 22.6 Å². The maximum absolute atomic E-state index is 10.7. The highest BCUT2D eigenvalue weighted by atomic mass is 127. The van der Waals surface area contributed by atoms with Crippen molar-refractivity contribution in [2.24, 2.45) is 0 Å². The smallest absolute Gasteiger partial charge is 0.143 e. The molecule has 0 saturated carbocycles. The number of nitrogens with one attached hydrogen (secondary N) is 1. The van der Waals surface area contributed by atoms with Crippen LogP contribution in [0, 0.1) is 3.57 Å². The number of halogens is 1. The van der Waals surface area contributed by atoms with Crippen LogP contribution >= 0.6 is 22.6 Å². The van der Waals surface area contributed by atoms with Gasteiger partial charge in [-0.2, -0.15) is 0 Å². The van der Waals surface area contributed by atoms with Crippen molar-refractivity contribution in [3.63, 3.8) is 0 Å². The molecule has 0 spiro atoms. The first-order valence-electron chi connectivity index (χ1n) is 5.74. The van der Waals surface area contributed by atoms with Crippen molar-refractivity contribution in [2.45, 2.75) is 45.4 Å². The van der Waals surface area contributed by atoms with E-state index in [1.807, 2.05) is 24.3 Å². The van der Waals surface area contributed by atoms with Gasteiger partial charge in [0.15, 0.2) is 0 Å². The molecule has 0 radical (unpaired) electrons. The molecule has 90 valence electrons. The second kappa shape index (κ2) is 5.98. The first-order chi connectivity index (χ1) is 7.49. The second-order valence-corrected chi connectivity index (χ2v) is 5.55. The van der Waals surface area contributed by atoms with Gasteiger partial charge in [-0.25, -0.2) is 0 Å². The van der Waals surface area contributed by atoms with Gasteiger partial charge in [0.25, 0.3) is 0 Å². The molecule has 1 aromatic carbocycles. The molecular weight excluding hydrogens is 313 g/mol. The molecule has 0 heterocycles. The summed E-state index contributed by atoms with van der Waals surface area (Å²) in [7, 11) is 0. The Bertz CT molecular complexity index is 340. The Kier molecular flexibility index (Phi) is 5.21. The monoisotopic (exact) mass is 333 g/mol. The average Bonchev–Trinajstić information content (AvgIpc) is 2.17. The molecule has 0 amide bonds. The molecule has 0 unspecified atom stereocenters. The van der Waals surface area contributed by atoms with Gasteiger partial charge in [0.05, 0.1) is 0 Å². The maximum Gasteiger partial charge on any atom is 0.143 e. The van der Waals surface area contributed by atoms with E-state index >= 15 is 0 Å². The largest absolute Gasteiger partial charge is 0.372 e. The van der Waals surface area contributed by atoms with Crippen LogP contribution in [-0.2, 0) is 5.72 Å². The Morgan fingerprint density at radius 1 is 1.38 bits per heavy atom. The Labute approximate surface area is 112 Å². The lowest BCUT2D eigenvalue weighted by Crippen LogP contribution is -2.46. The van der Waals surface area contributed by atoms with Gasteiger partial charge in [-0.15, -0.1) is 0 Å². The van der Waals surface area contributed by atoms with Crippen LogP contribution in [-0.4, -0.2) is 11.1 Å². The lowest BCUT2D eigenvalue weighted by Gasteiger charge is -2.32. The molecule has 2 N–H and O–H groups in total. The summed E-state index contributed by atoms with van der Waals surface area (Å²) in [4.78, 5) is 0. The SMILES string of the molecule is CCC[C@@](O)(NC(C)C)c1ccccc1I. The molecule has 3 heteroatoms. The fourth-order valence-corrected chi connectivity index (χ4v) is 2.75.